The fourth-order valence-corrected chi connectivity index (χ4v) is 6.79. The molecule has 5 rings (SSSR count). The van der Waals surface area contributed by atoms with Crippen molar-refractivity contribution in [3.8, 4) is 23.0 Å². The Morgan fingerprint density at radius 1 is 0.569 bits per heavy atom. The summed E-state index contributed by atoms with van der Waals surface area (Å²) >= 11 is 0. The normalized spacial score (nSPS) is 12.3. The molecule has 0 fully saturated rings. The van der Waals surface area contributed by atoms with Gasteiger partial charge < -0.3 is 35.1 Å². The van der Waals surface area contributed by atoms with E-state index in [1.54, 1.807) is 0 Å². The number of fused-ring (bicyclic) bond motifs is 8. The number of para-hydroxylation sites is 2. The third-order valence-electron chi connectivity index (χ3n) is 8.97. The van der Waals surface area contributed by atoms with Gasteiger partial charge in [-0.3, -0.25) is 0 Å². The SMILES string of the molecule is CCCOc1c2cccc1Cc1cc(CNC(=O)O)cc(c1OCCC)Cc1cccc(c1OCCC)Cc1cc(CN)cc(c1OCCC)C2. The van der Waals surface area contributed by atoms with Crippen LogP contribution in [0.4, 0.5) is 4.79 Å². The van der Waals surface area contributed by atoms with Gasteiger partial charge in [-0.15, -0.1) is 0 Å². The number of ether oxygens (including phenoxy) is 4. The average molecular weight is 695 g/mol. The number of amides is 1. The second-order valence-electron chi connectivity index (χ2n) is 13.3. The van der Waals surface area contributed by atoms with Gasteiger partial charge >= 0.3 is 6.09 Å². The van der Waals surface area contributed by atoms with Crippen LogP contribution in [0.25, 0.3) is 0 Å². The lowest BCUT2D eigenvalue weighted by atomic mass is 9.89. The Morgan fingerprint density at radius 2 is 0.882 bits per heavy atom. The van der Waals surface area contributed by atoms with Crippen molar-refractivity contribution in [2.75, 3.05) is 26.4 Å². The van der Waals surface area contributed by atoms with Crippen molar-refractivity contribution >= 4 is 6.09 Å². The highest BCUT2D eigenvalue weighted by Crippen LogP contribution is 2.40. The summed E-state index contributed by atoms with van der Waals surface area (Å²) in [5, 5.41) is 12.1. The van der Waals surface area contributed by atoms with Gasteiger partial charge in [-0.2, -0.15) is 0 Å². The summed E-state index contributed by atoms with van der Waals surface area (Å²) in [4.78, 5) is 11.6. The Morgan fingerprint density at radius 3 is 1.18 bits per heavy atom. The molecule has 1 aliphatic rings. The first-order chi connectivity index (χ1) is 24.9. The molecular weight excluding hydrogens is 640 g/mol. The van der Waals surface area contributed by atoms with Crippen LogP contribution >= 0.6 is 0 Å². The maximum Gasteiger partial charge on any atom is 0.404 e. The van der Waals surface area contributed by atoms with Gasteiger partial charge in [0.2, 0.25) is 0 Å². The minimum atomic E-state index is -1.06. The van der Waals surface area contributed by atoms with Crippen molar-refractivity contribution in [1.29, 1.82) is 0 Å². The van der Waals surface area contributed by atoms with E-state index in [-0.39, 0.29) is 6.54 Å². The van der Waals surface area contributed by atoms with Crippen LogP contribution in [-0.4, -0.2) is 37.6 Å². The van der Waals surface area contributed by atoms with E-state index in [2.05, 4.69) is 93.7 Å². The molecule has 0 heterocycles. The molecule has 0 unspecified atom stereocenters. The molecule has 1 aliphatic carbocycles. The number of nitrogens with one attached hydrogen (secondary N) is 1. The molecule has 4 aromatic rings. The minimum absolute atomic E-state index is 0.181. The van der Waals surface area contributed by atoms with E-state index in [9.17, 15) is 9.90 Å². The van der Waals surface area contributed by atoms with Crippen molar-refractivity contribution in [3.05, 3.63) is 116 Å². The van der Waals surface area contributed by atoms with Crippen molar-refractivity contribution in [3.63, 3.8) is 0 Å². The smallest absolute Gasteiger partial charge is 0.404 e. The highest BCUT2D eigenvalue weighted by molar-refractivity contribution is 5.64. The van der Waals surface area contributed by atoms with Crippen LogP contribution in [0.5, 0.6) is 23.0 Å². The summed E-state index contributed by atoms with van der Waals surface area (Å²) in [6.07, 6.45) is 4.74. The summed E-state index contributed by atoms with van der Waals surface area (Å²) in [5.41, 5.74) is 16.6. The van der Waals surface area contributed by atoms with Crippen LogP contribution in [0, 0.1) is 0 Å². The van der Waals surface area contributed by atoms with Crippen LogP contribution in [0.15, 0.2) is 60.7 Å². The monoisotopic (exact) mass is 694 g/mol. The molecule has 51 heavy (non-hydrogen) atoms. The van der Waals surface area contributed by atoms with Gasteiger partial charge in [-0.05, 0) is 93.5 Å². The number of rotatable bonds is 15. The molecule has 1 amide bonds. The van der Waals surface area contributed by atoms with Gasteiger partial charge in [0.1, 0.15) is 23.0 Å². The lowest BCUT2D eigenvalue weighted by molar-refractivity contribution is 0.194. The molecule has 0 saturated heterocycles. The third-order valence-corrected chi connectivity index (χ3v) is 8.97. The highest BCUT2D eigenvalue weighted by Gasteiger charge is 2.23. The van der Waals surface area contributed by atoms with Gasteiger partial charge in [-0.1, -0.05) is 76.2 Å². The van der Waals surface area contributed by atoms with Gasteiger partial charge in [-0.25, -0.2) is 4.79 Å². The van der Waals surface area contributed by atoms with Crippen molar-refractivity contribution in [2.24, 2.45) is 5.73 Å². The third kappa shape index (κ3) is 9.56. The predicted molar refractivity (Wildman–Crippen MR) is 203 cm³/mol. The second-order valence-corrected chi connectivity index (χ2v) is 13.3. The van der Waals surface area contributed by atoms with Gasteiger partial charge in [0.25, 0.3) is 0 Å². The molecule has 0 aliphatic heterocycles. The first-order valence-corrected chi connectivity index (χ1v) is 18.6. The maximum atomic E-state index is 11.6. The Kier molecular flexibility index (Phi) is 13.6. The van der Waals surface area contributed by atoms with Crippen molar-refractivity contribution in [2.45, 2.75) is 92.2 Å². The number of benzene rings is 4. The lowest BCUT2D eigenvalue weighted by Gasteiger charge is -2.24. The molecule has 0 spiro atoms. The summed E-state index contributed by atoms with van der Waals surface area (Å²) in [7, 11) is 0. The second kappa shape index (κ2) is 18.5. The summed E-state index contributed by atoms with van der Waals surface area (Å²) in [5.74, 6) is 3.46. The van der Waals surface area contributed by atoms with E-state index in [0.717, 1.165) is 104 Å². The van der Waals surface area contributed by atoms with Crippen LogP contribution in [0.1, 0.15) is 109 Å². The first-order valence-electron chi connectivity index (χ1n) is 18.6. The maximum absolute atomic E-state index is 11.6. The number of carboxylic acid groups (broad SMARTS) is 1. The van der Waals surface area contributed by atoms with Crippen LogP contribution in [0.2, 0.25) is 0 Å². The zero-order valence-corrected chi connectivity index (χ0v) is 30.7. The number of hydrogen-bond acceptors (Lipinski definition) is 6. The van der Waals surface area contributed by atoms with Gasteiger partial charge in [0.15, 0.2) is 0 Å². The highest BCUT2D eigenvalue weighted by atomic mass is 16.5. The molecule has 4 aromatic carbocycles. The Labute approximate surface area is 303 Å². The van der Waals surface area contributed by atoms with E-state index in [1.807, 2.05) is 0 Å². The van der Waals surface area contributed by atoms with E-state index in [4.69, 9.17) is 24.7 Å². The molecule has 8 bridgehead atoms. The Balaban J connectivity index is 1.81. The van der Waals surface area contributed by atoms with Crippen LogP contribution in [0.3, 0.4) is 0 Å². The van der Waals surface area contributed by atoms with E-state index in [0.29, 0.717) is 58.7 Å². The first kappa shape index (κ1) is 37.6. The summed E-state index contributed by atoms with van der Waals surface area (Å²) in [6, 6.07) is 21.2. The molecule has 8 nitrogen and oxygen atoms in total. The quantitative estimate of drug-likeness (QED) is 0.100. The molecule has 8 heteroatoms. The largest absolute Gasteiger partial charge is 0.493 e. The van der Waals surface area contributed by atoms with E-state index < -0.39 is 6.09 Å². The zero-order valence-electron chi connectivity index (χ0n) is 30.7. The molecular formula is C43H54N2O6. The van der Waals surface area contributed by atoms with E-state index >= 15 is 0 Å². The van der Waals surface area contributed by atoms with Crippen LogP contribution < -0.4 is 30.0 Å². The molecule has 272 valence electrons. The number of nitrogens with two attached hydrogens (primary N) is 1. The van der Waals surface area contributed by atoms with Crippen molar-refractivity contribution < 1.29 is 28.8 Å². The predicted octanol–water partition coefficient (Wildman–Crippen LogP) is 8.74. The number of carbonyl (C=O) groups is 1. The molecule has 4 N–H and O–H groups in total. The molecule has 0 saturated carbocycles. The Hall–Kier alpha value is -4.69. The summed E-state index contributed by atoms with van der Waals surface area (Å²) < 4.78 is 26.4. The minimum Gasteiger partial charge on any atom is -0.493 e. The fraction of sp³-hybridized carbons (Fsp3) is 0.419. The summed E-state index contributed by atoms with van der Waals surface area (Å²) in [6.45, 7) is 11.4. The Bertz CT molecular complexity index is 1680. The molecule has 0 atom stereocenters. The molecule has 0 aromatic heterocycles. The zero-order chi connectivity index (χ0) is 36.2. The van der Waals surface area contributed by atoms with Crippen LogP contribution in [-0.2, 0) is 38.8 Å². The molecule has 0 radical (unpaired) electrons. The van der Waals surface area contributed by atoms with Gasteiger partial charge in [0.05, 0.1) is 26.4 Å². The fourth-order valence-electron chi connectivity index (χ4n) is 6.79. The van der Waals surface area contributed by atoms with E-state index in [1.165, 1.54) is 0 Å². The van der Waals surface area contributed by atoms with Crippen molar-refractivity contribution in [1.82, 2.24) is 5.32 Å². The average Bonchev–Trinajstić information content (AvgIpc) is 3.12. The lowest BCUT2D eigenvalue weighted by Crippen LogP contribution is -2.20. The standard InChI is InChI=1S/C43H54N2O6/c1-5-15-48-39-31-11-9-13-33(39)25-37-21-30(28-45-43(46)47)22-38(42(37)51-18-8-4)26-34-14-10-12-32(40(34)49-16-6-2)24-36-20-29(27-44)19-35(23-31)41(36)50-17-7-3/h9-14,19-22,45H,5-8,15-18,23-28,44H2,1-4H3,(H,46,47). The number of hydrogen-bond donors (Lipinski definition) is 3. The van der Waals surface area contributed by atoms with Gasteiger partial charge in [0, 0.05) is 38.8 Å². The topological polar surface area (TPSA) is 112 Å².